The van der Waals surface area contributed by atoms with E-state index in [4.69, 9.17) is 0 Å². The van der Waals surface area contributed by atoms with Gasteiger partial charge in [-0.25, -0.2) is 0 Å². The zero-order valence-corrected chi connectivity index (χ0v) is 17.3. The molecule has 0 aliphatic carbocycles. The minimum atomic E-state index is 0.420. The van der Waals surface area contributed by atoms with Crippen LogP contribution in [0.3, 0.4) is 0 Å². The highest BCUT2D eigenvalue weighted by molar-refractivity contribution is 5.79. The van der Waals surface area contributed by atoms with Gasteiger partial charge in [0.15, 0.2) is 0 Å². The molecule has 0 spiro atoms. The first-order valence-electron chi connectivity index (χ1n) is 9.84. The molecule has 0 unspecified atom stereocenters. The topological polar surface area (TPSA) is 26.8 Å². The van der Waals surface area contributed by atoms with Crippen LogP contribution in [-0.2, 0) is 4.79 Å². The van der Waals surface area contributed by atoms with E-state index < -0.39 is 0 Å². The highest BCUT2D eigenvalue weighted by atomic mass is 16.1. The molecule has 0 aromatic heterocycles. The molecule has 0 saturated carbocycles. The van der Waals surface area contributed by atoms with Crippen LogP contribution in [0.1, 0.15) is 40.5 Å². The Balaban J connectivity index is 0.000000414. The Bertz CT molecular complexity index is 418. The van der Waals surface area contributed by atoms with Gasteiger partial charge in [-0.15, -0.1) is 0 Å². The van der Waals surface area contributed by atoms with Crippen molar-refractivity contribution in [2.24, 2.45) is 0 Å². The summed E-state index contributed by atoms with van der Waals surface area (Å²) < 4.78 is 0. The number of likely N-dealkylation sites (tertiary alicyclic amines) is 1. The molecule has 1 aromatic rings. The molecule has 2 aliphatic rings. The molecule has 1 aromatic carbocycles. The maximum atomic E-state index is 10.6. The Hall–Kier alpha value is -1.39. The first kappa shape index (κ1) is 23.6. The molecule has 0 atom stereocenters. The fourth-order valence-corrected chi connectivity index (χ4v) is 2.57. The molecule has 25 heavy (non-hydrogen) atoms. The van der Waals surface area contributed by atoms with Gasteiger partial charge in [-0.2, -0.15) is 0 Å². The van der Waals surface area contributed by atoms with Gasteiger partial charge in [-0.3, -0.25) is 4.79 Å². The van der Waals surface area contributed by atoms with Crippen molar-refractivity contribution in [3.05, 3.63) is 30.3 Å². The number of piperazine rings is 1. The van der Waals surface area contributed by atoms with Crippen LogP contribution in [0.2, 0.25) is 0 Å². The van der Waals surface area contributed by atoms with Gasteiger partial charge in [0, 0.05) is 57.8 Å². The fourth-order valence-electron chi connectivity index (χ4n) is 2.57. The Morgan fingerprint density at radius 1 is 0.680 bits per heavy atom. The number of piperidine rings is 1. The molecular formula is C21H39N3O. The van der Waals surface area contributed by atoms with Crippen LogP contribution in [0, 0.1) is 0 Å². The number of carbonyl (C=O) groups is 1. The lowest BCUT2D eigenvalue weighted by Crippen LogP contribution is -2.44. The summed E-state index contributed by atoms with van der Waals surface area (Å²) in [6.07, 6.45) is 1.52. The Morgan fingerprint density at radius 2 is 1.12 bits per heavy atom. The summed E-state index contributed by atoms with van der Waals surface area (Å²) in [5, 5.41) is 0. The van der Waals surface area contributed by atoms with Crippen molar-refractivity contribution >= 4 is 11.5 Å². The first-order chi connectivity index (χ1) is 12.1. The number of hydrogen-bond acceptors (Lipinski definition) is 4. The highest BCUT2D eigenvalue weighted by Gasteiger charge is 2.13. The predicted molar refractivity (Wildman–Crippen MR) is 111 cm³/mol. The number of benzene rings is 1. The number of rotatable bonds is 1. The number of nitrogens with zero attached hydrogens (tertiary/aromatic N) is 3. The number of likely N-dealkylation sites (N-methyl/N-ethyl adjacent to an activating group) is 1. The third kappa shape index (κ3) is 10.3. The van der Waals surface area contributed by atoms with E-state index in [-0.39, 0.29) is 0 Å². The molecule has 0 radical (unpaired) electrons. The molecule has 0 amide bonds. The lowest BCUT2D eigenvalue weighted by Gasteiger charge is -2.33. The first-order valence-corrected chi connectivity index (χ1v) is 9.84. The van der Waals surface area contributed by atoms with Gasteiger partial charge in [0.1, 0.15) is 5.78 Å². The van der Waals surface area contributed by atoms with Crippen molar-refractivity contribution in [2.75, 3.05) is 58.3 Å². The van der Waals surface area contributed by atoms with Gasteiger partial charge in [0.25, 0.3) is 0 Å². The highest BCUT2D eigenvalue weighted by Crippen LogP contribution is 2.14. The largest absolute Gasteiger partial charge is 0.369 e. The van der Waals surface area contributed by atoms with Crippen LogP contribution in [0.25, 0.3) is 0 Å². The summed E-state index contributed by atoms with van der Waals surface area (Å²) in [6.45, 7) is 14.6. The smallest absolute Gasteiger partial charge is 0.135 e. The summed E-state index contributed by atoms with van der Waals surface area (Å²) in [7, 11) is 4.23. The van der Waals surface area contributed by atoms with E-state index in [2.05, 4.69) is 52.1 Å². The molecule has 4 nitrogen and oxygen atoms in total. The van der Waals surface area contributed by atoms with Crippen molar-refractivity contribution in [3.8, 4) is 0 Å². The van der Waals surface area contributed by atoms with Crippen LogP contribution in [0.4, 0.5) is 5.69 Å². The van der Waals surface area contributed by atoms with Crippen LogP contribution in [0.5, 0.6) is 0 Å². The van der Waals surface area contributed by atoms with Crippen molar-refractivity contribution in [1.82, 2.24) is 9.80 Å². The second kappa shape index (κ2) is 14.9. The van der Waals surface area contributed by atoms with Crippen molar-refractivity contribution in [3.63, 3.8) is 0 Å². The zero-order chi connectivity index (χ0) is 19.1. The van der Waals surface area contributed by atoms with Gasteiger partial charge in [0.05, 0.1) is 0 Å². The Kier molecular flexibility index (Phi) is 14.1. The lowest BCUT2D eigenvalue weighted by atomic mass is 10.1. The maximum absolute atomic E-state index is 10.6. The summed E-state index contributed by atoms with van der Waals surface area (Å²) in [6, 6.07) is 10.7. The fraction of sp³-hybridized carbons (Fsp3) is 0.667. The number of Topliss-reactive ketones (excluding diaryl/α,β-unsaturated/α-hetero) is 1. The molecule has 144 valence electrons. The molecule has 0 bridgehead atoms. The quantitative estimate of drug-likeness (QED) is 0.771. The zero-order valence-electron chi connectivity index (χ0n) is 17.3. The molecule has 2 fully saturated rings. The van der Waals surface area contributed by atoms with Gasteiger partial charge in [-0.1, -0.05) is 45.9 Å². The molecular weight excluding hydrogens is 310 g/mol. The average molecular weight is 350 g/mol. The summed E-state index contributed by atoms with van der Waals surface area (Å²) in [5.74, 6) is 0.420. The van der Waals surface area contributed by atoms with E-state index in [9.17, 15) is 4.79 Å². The number of ketones is 1. The molecule has 0 N–H and O–H groups in total. The summed E-state index contributed by atoms with van der Waals surface area (Å²) in [5.41, 5.74) is 1.36. The third-order valence-corrected chi connectivity index (χ3v) is 4.17. The summed E-state index contributed by atoms with van der Waals surface area (Å²) >= 11 is 0. The number of hydrogen-bond donors (Lipinski definition) is 0. The van der Waals surface area contributed by atoms with E-state index in [1.54, 1.807) is 0 Å². The normalized spacial score (nSPS) is 18.0. The second-order valence-electron chi connectivity index (χ2n) is 5.97. The van der Waals surface area contributed by atoms with Crippen LogP contribution in [-0.4, -0.2) is 68.9 Å². The molecule has 2 heterocycles. The molecule has 2 aliphatic heterocycles. The number of anilines is 1. The minimum absolute atomic E-state index is 0.420. The van der Waals surface area contributed by atoms with Gasteiger partial charge >= 0.3 is 0 Å². The summed E-state index contributed by atoms with van der Waals surface area (Å²) in [4.78, 5) is 17.6. The van der Waals surface area contributed by atoms with Crippen molar-refractivity contribution in [2.45, 2.75) is 40.5 Å². The standard InChI is InChI=1S/C11H16N2.C6H11NO.2C2H6/c1-12-7-9-13(10-8-12)11-5-3-2-4-6-11;1-7-4-2-6(8)3-5-7;2*1-2/h2-6H,7-10H2,1H3;2-5H2,1H3;2*1-2H3. The van der Waals surface area contributed by atoms with E-state index in [1.807, 2.05) is 34.7 Å². The number of para-hydroxylation sites is 1. The predicted octanol–water partition coefficient (Wildman–Crippen LogP) is 3.77. The van der Waals surface area contributed by atoms with Gasteiger partial charge in [-0.05, 0) is 26.2 Å². The molecule has 4 heteroatoms. The molecule has 3 rings (SSSR count). The second-order valence-corrected chi connectivity index (χ2v) is 5.97. The average Bonchev–Trinajstić information content (AvgIpc) is 2.69. The lowest BCUT2D eigenvalue weighted by molar-refractivity contribution is -0.121. The van der Waals surface area contributed by atoms with Gasteiger partial charge < -0.3 is 14.7 Å². The third-order valence-electron chi connectivity index (χ3n) is 4.17. The Morgan fingerprint density at radius 3 is 1.56 bits per heavy atom. The monoisotopic (exact) mass is 349 g/mol. The number of carbonyl (C=O) groups excluding carboxylic acids is 1. The van der Waals surface area contributed by atoms with E-state index >= 15 is 0 Å². The maximum Gasteiger partial charge on any atom is 0.135 e. The van der Waals surface area contributed by atoms with Crippen molar-refractivity contribution in [1.29, 1.82) is 0 Å². The van der Waals surface area contributed by atoms with Crippen LogP contribution >= 0.6 is 0 Å². The van der Waals surface area contributed by atoms with Crippen molar-refractivity contribution < 1.29 is 4.79 Å². The van der Waals surface area contributed by atoms with E-state index in [0.29, 0.717) is 5.78 Å². The molecule has 2 saturated heterocycles. The van der Waals surface area contributed by atoms with Crippen LogP contribution in [0.15, 0.2) is 30.3 Å². The van der Waals surface area contributed by atoms with E-state index in [0.717, 1.165) is 39.0 Å². The minimum Gasteiger partial charge on any atom is -0.369 e. The Labute approximate surface area is 155 Å². The van der Waals surface area contributed by atoms with Gasteiger partial charge in [0.2, 0.25) is 0 Å². The van der Waals surface area contributed by atoms with E-state index in [1.165, 1.54) is 18.8 Å². The van der Waals surface area contributed by atoms with Crippen LogP contribution < -0.4 is 4.90 Å². The SMILES string of the molecule is CC.CC.CN1CCC(=O)CC1.CN1CCN(c2ccccc2)CC1.